The molecule has 2 aromatic heterocycles. The highest BCUT2D eigenvalue weighted by Gasteiger charge is 2.40. The lowest BCUT2D eigenvalue weighted by Crippen LogP contribution is -2.38. The molecule has 29 heavy (non-hydrogen) atoms. The summed E-state index contributed by atoms with van der Waals surface area (Å²) in [5.41, 5.74) is 4.82. The van der Waals surface area contributed by atoms with E-state index >= 15 is 0 Å². The number of fused-ring (bicyclic) bond motifs is 1. The van der Waals surface area contributed by atoms with Crippen LogP contribution >= 0.6 is 0 Å². The molecular formula is C19H24FN5O4. The summed E-state index contributed by atoms with van der Waals surface area (Å²) in [6, 6.07) is -0.199. The number of aromatic nitrogens is 4. The highest BCUT2D eigenvalue weighted by molar-refractivity contribution is 5.81. The fourth-order valence-corrected chi connectivity index (χ4v) is 3.42. The summed E-state index contributed by atoms with van der Waals surface area (Å²) in [6.07, 6.45) is 7.65. The number of carbonyl (C=O) groups excluding carboxylic acids is 1. The zero-order valence-electron chi connectivity index (χ0n) is 16.2. The third kappa shape index (κ3) is 4.16. The Morgan fingerprint density at radius 3 is 3.03 bits per heavy atom. The number of aliphatic hydroxyl groups excluding tert-OH is 1. The number of terminal acetylenes is 1. The number of nitrogens with zero attached hydrogens (tertiary/aromatic N) is 4. The Balaban J connectivity index is 1.79. The van der Waals surface area contributed by atoms with Crippen molar-refractivity contribution in [3.05, 3.63) is 12.4 Å². The Kier molecular flexibility index (Phi) is 6.30. The predicted molar refractivity (Wildman–Crippen MR) is 102 cm³/mol. The third-order valence-electron chi connectivity index (χ3n) is 5.29. The van der Waals surface area contributed by atoms with Crippen LogP contribution in [0.15, 0.2) is 6.33 Å². The van der Waals surface area contributed by atoms with E-state index in [0.29, 0.717) is 38.0 Å². The number of aliphatic hydroxyl groups is 1. The number of ether oxygens (including phenoxy) is 2. The molecule has 2 aromatic rings. The predicted octanol–water partition coefficient (Wildman–Crippen LogP) is 1.22. The van der Waals surface area contributed by atoms with Gasteiger partial charge >= 0.3 is 12.0 Å². The van der Waals surface area contributed by atoms with E-state index < -0.39 is 24.1 Å². The van der Waals surface area contributed by atoms with Crippen LogP contribution in [0.5, 0.6) is 0 Å². The van der Waals surface area contributed by atoms with Crippen LogP contribution in [-0.2, 0) is 14.3 Å². The molecule has 0 radical (unpaired) electrons. The molecule has 156 valence electrons. The van der Waals surface area contributed by atoms with E-state index in [1.165, 1.54) is 6.33 Å². The molecule has 3 heterocycles. The molecule has 0 aromatic carbocycles. The molecule has 9 nitrogen and oxygen atoms in total. The van der Waals surface area contributed by atoms with Gasteiger partial charge in [0.2, 0.25) is 0 Å². The fourth-order valence-electron chi connectivity index (χ4n) is 3.42. The van der Waals surface area contributed by atoms with Crippen molar-refractivity contribution in [1.29, 1.82) is 0 Å². The topological polar surface area (TPSA) is 125 Å². The van der Waals surface area contributed by atoms with Crippen LogP contribution < -0.4 is 5.73 Å². The Morgan fingerprint density at radius 1 is 1.62 bits per heavy atom. The zero-order chi connectivity index (χ0) is 21.0. The highest BCUT2D eigenvalue weighted by atomic mass is 19.1. The van der Waals surface area contributed by atoms with Gasteiger partial charge in [0.1, 0.15) is 11.6 Å². The van der Waals surface area contributed by atoms with Gasteiger partial charge < -0.3 is 24.9 Å². The minimum atomic E-state index is -1.47. The Hall–Kier alpha value is -2.77. The van der Waals surface area contributed by atoms with Crippen molar-refractivity contribution in [3.63, 3.8) is 0 Å². The standard InChI is InChI=1S/C19H24FN5O4/c1-3-12(25-11-22-14-15(21)23-18(20)24-16(14)25)5-7-19(4-2,10-26)17(27)29-13-6-8-28-9-13/h2,11-13,26H,3,5-10H2,1H3,(H2,21,23,24)/t12-,13?,19+/m1/s1. The van der Waals surface area contributed by atoms with Gasteiger partial charge in [-0.3, -0.25) is 4.79 Å². The number of carbonyl (C=O) groups is 1. The van der Waals surface area contributed by atoms with E-state index in [-0.39, 0.29) is 30.0 Å². The minimum absolute atomic E-state index is 0.0446. The first-order chi connectivity index (χ1) is 13.9. The first-order valence-corrected chi connectivity index (χ1v) is 9.47. The van der Waals surface area contributed by atoms with Gasteiger partial charge in [-0.1, -0.05) is 12.8 Å². The largest absolute Gasteiger partial charge is 0.459 e. The van der Waals surface area contributed by atoms with Gasteiger partial charge in [0, 0.05) is 12.5 Å². The van der Waals surface area contributed by atoms with E-state index in [1.54, 1.807) is 4.57 Å². The van der Waals surface area contributed by atoms with Crippen molar-refractivity contribution in [2.75, 3.05) is 25.6 Å². The molecular weight excluding hydrogens is 381 g/mol. The monoisotopic (exact) mass is 405 g/mol. The molecule has 1 fully saturated rings. The van der Waals surface area contributed by atoms with Crippen molar-refractivity contribution in [1.82, 2.24) is 19.5 Å². The van der Waals surface area contributed by atoms with E-state index in [9.17, 15) is 14.3 Å². The lowest BCUT2D eigenvalue weighted by Gasteiger charge is -2.28. The van der Waals surface area contributed by atoms with Gasteiger partial charge in [0.15, 0.2) is 16.9 Å². The maximum atomic E-state index is 13.6. The molecule has 0 aliphatic carbocycles. The zero-order valence-corrected chi connectivity index (χ0v) is 16.2. The molecule has 1 aliphatic heterocycles. The number of nitrogen functional groups attached to an aromatic ring is 1. The third-order valence-corrected chi connectivity index (χ3v) is 5.29. The molecule has 1 unspecified atom stereocenters. The smallest absolute Gasteiger partial charge is 0.327 e. The van der Waals surface area contributed by atoms with Gasteiger partial charge in [-0.25, -0.2) is 4.98 Å². The first-order valence-electron chi connectivity index (χ1n) is 9.47. The maximum Gasteiger partial charge on any atom is 0.327 e. The molecule has 1 aliphatic rings. The summed E-state index contributed by atoms with van der Waals surface area (Å²) in [6.45, 7) is 2.24. The Morgan fingerprint density at radius 2 is 2.41 bits per heavy atom. The van der Waals surface area contributed by atoms with E-state index in [0.717, 1.165) is 0 Å². The number of esters is 1. The molecule has 3 N–H and O–H groups in total. The van der Waals surface area contributed by atoms with E-state index in [4.69, 9.17) is 21.6 Å². The summed E-state index contributed by atoms with van der Waals surface area (Å²) in [4.78, 5) is 24.1. The van der Waals surface area contributed by atoms with E-state index in [1.807, 2.05) is 6.92 Å². The molecule has 0 saturated carbocycles. The van der Waals surface area contributed by atoms with Gasteiger partial charge in [0.05, 0.1) is 26.1 Å². The molecule has 0 amide bonds. The van der Waals surface area contributed by atoms with Crippen LogP contribution in [0.2, 0.25) is 0 Å². The van der Waals surface area contributed by atoms with Crippen molar-refractivity contribution < 1.29 is 23.8 Å². The van der Waals surface area contributed by atoms with Crippen molar-refractivity contribution in [3.8, 4) is 12.3 Å². The molecule has 10 heteroatoms. The molecule has 0 spiro atoms. The normalized spacial score (nSPS) is 19.6. The number of rotatable bonds is 8. The second-order valence-electron chi connectivity index (χ2n) is 7.08. The van der Waals surface area contributed by atoms with Gasteiger partial charge in [-0.05, 0) is 19.3 Å². The molecule has 0 bridgehead atoms. The average Bonchev–Trinajstić information content (AvgIpc) is 3.36. The average molecular weight is 405 g/mol. The van der Waals surface area contributed by atoms with Gasteiger partial charge in [-0.15, -0.1) is 6.42 Å². The number of anilines is 1. The summed E-state index contributed by atoms with van der Waals surface area (Å²) >= 11 is 0. The lowest BCUT2D eigenvalue weighted by molar-refractivity contribution is -0.160. The Labute approximate surface area is 167 Å². The van der Waals surface area contributed by atoms with Crippen LogP contribution in [0.1, 0.15) is 38.6 Å². The van der Waals surface area contributed by atoms with Crippen molar-refractivity contribution in [2.45, 2.75) is 44.8 Å². The minimum Gasteiger partial charge on any atom is -0.459 e. The second kappa shape index (κ2) is 8.71. The van der Waals surface area contributed by atoms with Crippen molar-refractivity contribution >= 4 is 23.0 Å². The number of nitrogens with two attached hydrogens (primary N) is 1. The van der Waals surface area contributed by atoms with Crippen molar-refractivity contribution in [2.24, 2.45) is 5.41 Å². The first kappa shape index (κ1) is 21.0. The van der Waals surface area contributed by atoms with Crippen LogP contribution in [0, 0.1) is 23.8 Å². The maximum absolute atomic E-state index is 13.6. The van der Waals surface area contributed by atoms with Crippen LogP contribution in [0.4, 0.5) is 10.2 Å². The van der Waals surface area contributed by atoms with Gasteiger partial charge in [0.25, 0.3) is 0 Å². The summed E-state index contributed by atoms with van der Waals surface area (Å²) in [5.74, 6) is 1.74. The molecule has 1 saturated heterocycles. The SMILES string of the molecule is C#C[C@@](CO)(CC[C@@H](CC)n1cnc2c(N)nc(F)nc21)C(=O)OC1CCOC1. The molecule has 3 rings (SSSR count). The van der Waals surface area contributed by atoms with Crippen LogP contribution in [0.25, 0.3) is 11.2 Å². The highest BCUT2D eigenvalue weighted by Crippen LogP contribution is 2.32. The molecule has 3 atom stereocenters. The quantitative estimate of drug-likeness (QED) is 0.382. The second-order valence-corrected chi connectivity index (χ2v) is 7.08. The van der Waals surface area contributed by atoms with Crippen LogP contribution in [-0.4, -0.2) is 56.5 Å². The number of halogens is 1. The number of imidazole rings is 1. The summed E-state index contributed by atoms with van der Waals surface area (Å²) < 4.78 is 26.0. The summed E-state index contributed by atoms with van der Waals surface area (Å²) in [7, 11) is 0. The van der Waals surface area contributed by atoms with E-state index in [2.05, 4.69) is 20.9 Å². The number of hydrogen-bond acceptors (Lipinski definition) is 8. The summed E-state index contributed by atoms with van der Waals surface area (Å²) in [5, 5.41) is 9.90. The number of hydrogen-bond donors (Lipinski definition) is 2. The lowest BCUT2D eigenvalue weighted by atomic mass is 9.83. The van der Waals surface area contributed by atoms with Crippen LogP contribution in [0.3, 0.4) is 0 Å². The van der Waals surface area contributed by atoms with Gasteiger partial charge in [-0.2, -0.15) is 14.4 Å². The fraction of sp³-hybridized carbons (Fsp3) is 0.579. The Bertz CT molecular complexity index is 921.